The molecule has 0 saturated carbocycles. The van der Waals surface area contributed by atoms with Crippen molar-refractivity contribution in [2.75, 3.05) is 18.4 Å². The lowest BCUT2D eigenvalue weighted by Gasteiger charge is -2.26. The lowest BCUT2D eigenvalue weighted by atomic mass is 10.2. The summed E-state index contributed by atoms with van der Waals surface area (Å²) in [4.78, 5) is 42.1. The van der Waals surface area contributed by atoms with Crippen LogP contribution in [0.1, 0.15) is 43.6 Å². The summed E-state index contributed by atoms with van der Waals surface area (Å²) in [6, 6.07) is 7.11. The van der Waals surface area contributed by atoms with Gasteiger partial charge in [0, 0.05) is 18.4 Å². The van der Waals surface area contributed by atoms with Crippen LogP contribution in [0.2, 0.25) is 0 Å². The number of halogens is 3. The number of carbonyl (C=O) groups excluding carboxylic acids is 3. The molecule has 9 nitrogen and oxygen atoms in total. The normalized spacial score (nSPS) is 11.4. The van der Waals surface area contributed by atoms with E-state index in [0.29, 0.717) is 0 Å². The fraction of sp³-hybridized carbons (Fsp3) is 0.364. The number of likely N-dealkylation sites (N-methyl/N-ethyl adjacent to an activating group) is 1. The van der Waals surface area contributed by atoms with Crippen LogP contribution >= 0.6 is 0 Å². The molecule has 12 heteroatoms. The van der Waals surface area contributed by atoms with Crippen molar-refractivity contribution in [2.24, 2.45) is 0 Å². The molecular weight excluding hydrogens is 455 g/mol. The monoisotopic (exact) mass is 481 g/mol. The van der Waals surface area contributed by atoms with E-state index >= 15 is 0 Å². The first-order chi connectivity index (χ1) is 15.8. The second-order valence-electron chi connectivity index (χ2n) is 8.10. The molecular formula is C22H26F3N5O4. The van der Waals surface area contributed by atoms with Gasteiger partial charge < -0.3 is 10.1 Å². The largest absolute Gasteiger partial charge is 0.444 e. The van der Waals surface area contributed by atoms with Crippen molar-refractivity contribution in [3.05, 3.63) is 53.7 Å². The average molecular weight is 481 g/mol. The summed E-state index contributed by atoms with van der Waals surface area (Å²) >= 11 is 0. The van der Waals surface area contributed by atoms with E-state index in [1.165, 1.54) is 30.5 Å². The molecule has 0 aliphatic rings. The Morgan fingerprint density at radius 3 is 2.24 bits per heavy atom. The number of carbonyl (C=O) groups is 3. The van der Waals surface area contributed by atoms with E-state index in [4.69, 9.17) is 4.74 Å². The van der Waals surface area contributed by atoms with E-state index in [1.807, 2.05) is 0 Å². The van der Waals surface area contributed by atoms with E-state index in [0.717, 1.165) is 17.0 Å². The maximum atomic E-state index is 12.7. The van der Waals surface area contributed by atoms with Crippen molar-refractivity contribution in [1.29, 1.82) is 0 Å². The van der Waals surface area contributed by atoms with Gasteiger partial charge in [0.05, 0.1) is 11.1 Å². The molecule has 1 aromatic carbocycles. The Morgan fingerprint density at radius 2 is 1.68 bits per heavy atom. The molecule has 184 valence electrons. The predicted molar refractivity (Wildman–Crippen MR) is 118 cm³/mol. The smallest absolute Gasteiger partial charge is 0.416 e. The SMILES string of the molecule is CCN(CC(=O)NNC(=O)c1cccnc1Nc1ccc(C(F)(F)F)cc1)C(=O)OC(C)(C)C. The third-order valence-corrected chi connectivity index (χ3v) is 4.21. The second-order valence-corrected chi connectivity index (χ2v) is 8.10. The van der Waals surface area contributed by atoms with Crippen LogP contribution < -0.4 is 16.2 Å². The number of rotatable bonds is 6. The number of aromatic nitrogens is 1. The van der Waals surface area contributed by atoms with Gasteiger partial charge in [0.1, 0.15) is 18.0 Å². The highest BCUT2D eigenvalue weighted by molar-refractivity contribution is 6.00. The molecule has 0 unspecified atom stereocenters. The Kier molecular flexibility index (Phi) is 8.44. The van der Waals surface area contributed by atoms with Crippen molar-refractivity contribution < 1.29 is 32.3 Å². The molecule has 2 rings (SSSR count). The van der Waals surface area contributed by atoms with Gasteiger partial charge in [-0.1, -0.05) is 0 Å². The van der Waals surface area contributed by atoms with Crippen LogP contribution in [0.5, 0.6) is 0 Å². The number of hydrazine groups is 1. The number of hydrogen-bond acceptors (Lipinski definition) is 6. The lowest BCUT2D eigenvalue weighted by molar-refractivity contribution is -0.137. The number of nitrogens with zero attached hydrogens (tertiary/aromatic N) is 2. The first kappa shape index (κ1) is 26.4. The number of anilines is 2. The van der Waals surface area contributed by atoms with E-state index in [9.17, 15) is 27.6 Å². The molecule has 0 aliphatic heterocycles. The van der Waals surface area contributed by atoms with Gasteiger partial charge in [-0.25, -0.2) is 9.78 Å². The van der Waals surface area contributed by atoms with Gasteiger partial charge in [-0.15, -0.1) is 0 Å². The zero-order valence-electron chi connectivity index (χ0n) is 19.1. The van der Waals surface area contributed by atoms with E-state index < -0.39 is 35.2 Å². The highest BCUT2D eigenvalue weighted by atomic mass is 19.4. The lowest BCUT2D eigenvalue weighted by Crippen LogP contribution is -2.48. The molecule has 0 spiro atoms. The minimum absolute atomic E-state index is 0.0298. The molecule has 0 fully saturated rings. The molecule has 0 aliphatic carbocycles. The Morgan fingerprint density at radius 1 is 1.03 bits per heavy atom. The van der Waals surface area contributed by atoms with Crippen molar-refractivity contribution in [3.63, 3.8) is 0 Å². The summed E-state index contributed by atoms with van der Waals surface area (Å²) < 4.78 is 43.4. The van der Waals surface area contributed by atoms with Gasteiger partial charge in [0.2, 0.25) is 0 Å². The number of hydrogen-bond donors (Lipinski definition) is 3. The summed E-state index contributed by atoms with van der Waals surface area (Å²) in [5, 5.41) is 2.78. The van der Waals surface area contributed by atoms with Crippen molar-refractivity contribution in [3.8, 4) is 0 Å². The third kappa shape index (κ3) is 7.94. The van der Waals surface area contributed by atoms with Crippen molar-refractivity contribution >= 4 is 29.4 Å². The van der Waals surface area contributed by atoms with Gasteiger partial charge in [0.25, 0.3) is 11.8 Å². The minimum atomic E-state index is -4.47. The maximum Gasteiger partial charge on any atom is 0.416 e. The summed E-state index contributed by atoms with van der Waals surface area (Å²) in [5.41, 5.74) is 3.20. The average Bonchev–Trinajstić information content (AvgIpc) is 2.74. The zero-order chi connectivity index (χ0) is 25.5. The summed E-state index contributed by atoms with van der Waals surface area (Å²) in [6.45, 7) is 6.62. The number of pyridine rings is 1. The topological polar surface area (TPSA) is 113 Å². The number of alkyl halides is 3. The Labute approximate surface area is 194 Å². The minimum Gasteiger partial charge on any atom is -0.444 e. The standard InChI is InChI=1S/C22H26F3N5O4/c1-5-30(20(33)34-21(2,3)4)13-17(31)28-29-19(32)16-7-6-12-26-18(16)27-15-10-8-14(9-11-15)22(23,24)25/h6-12H,5,13H2,1-4H3,(H,26,27)(H,28,31)(H,29,32). The third-order valence-electron chi connectivity index (χ3n) is 4.21. The van der Waals surface area contributed by atoms with Crippen LogP contribution in [0.4, 0.5) is 29.5 Å². The van der Waals surface area contributed by atoms with E-state index in [-0.39, 0.29) is 30.2 Å². The summed E-state index contributed by atoms with van der Waals surface area (Å²) in [6.07, 6.45) is -3.75. The molecule has 34 heavy (non-hydrogen) atoms. The van der Waals surface area contributed by atoms with Crippen LogP contribution in [0.3, 0.4) is 0 Å². The zero-order valence-corrected chi connectivity index (χ0v) is 19.1. The van der Waals surface area contributed by atoms with Gasteiger partial charge in [0.15, 0.2) is 0 Å². The Bertz CT molecular complexity index is 1020. The molecule has 0 bridgehead atoms. The van der Waals surface area contributed by atoms with Crippen LogP contribution in [-0.4, -0.2) is 46.5 Å². The molecule has 1 heterocycles. The highest BCUT2D eigenvalue weighted by Gasteiger charge is 2.30. The number of amides is 3. The summed E-state index contributed by atoms with van der Waals surface area (Å²) in [7, 11) is 0. The quantitative estimate of drug-likeness (QED) is 0.540. The highest BCUT2D eigenvalue weighted by Crippen LogP contribution is 2.30. The Balaban J connectivity index is 2.00. The molecule has 3 N–H and O–H groups in total. The molecule has 1 aromatic heterocycles. The second kappa shape index (κ2) is 10.9. The Hall–Kier alpha value is -3.83. The van der Waals surface area contributed by atoms with Crippen LogP contribution in [-0.2, 0) is 15.7 Å². The van der Waals surface area contributed by atoms with Gasteiger partial charge in [-0.05, 0) is 64.1 Å². The van der Waals surface area contributed by atoms with Crippen LogP contribution in [0.25, 0.3) is 0 Å². The fourth-order valence-corrected chi connectivity index (χ4v) is 2.61. The molecule has 0 atom stereocenters. The number of nitrogens with one attached hydrogen (secondary N) is 3. The first-order valence-electron chi connectivity index (χ1n) is 10.3. The molecule has 3 amide bonds. The van der Waals surface area contributed by atoms with Crippen molar-refractivity contribution in [1.82, 2.24) is 20.7 Å². The fourth-order valence-electron chi connectivity index (χ4n) is 2.61. The number of benzene rings is 1. The van der Waals surface area contributed by atoms with E-state index in [2.05, 4.69) is 21.2 Å². The van der Waals surface area contributed by atoms with Gasteiger partial charge in [-0.3, -0.25) is 25.3 Å². The van der Waals surface area contributed by atoms with Gasteiger partial charge >= 0.3 is 12.3 Å². The predicted octanol–water partition coefficient (Wildman–Crippen LogP) is 3.86. The maximum absolute atomic E-state index is 12.7. The van der Waals surface area contributed by atoms with Gasteiger partial charge in [-0.2, -0.15) is 13.2 Å². The van der Waals surface area contributed by atoms with E-state index in [1.54, 1.807) is 27.7 Å². The molecule has 2 aromatic rings. The first-order valence-corrected chi connectivity index (χ1v) is 10.3. The molecule has 0 saturated heterocycles. The van der Waals surface area contributed by atoms with Crippen molar-refractivity contribution in [2.45, 2.75) is 39.5 Å². The van der Waals surface area contributed by atoms with Crippen LogP contribution in [0.15, 0.2) is 42.6 Å². The summed E-state index contributed by atoms with van der Waals surface area (Å²) in [5.74, 6) is -1.32. The molecule has 0 radical (unpaired) electrons. The number of ether oxygens (including phenoxy) is 1. The van der Waals surface area contributed by atoms with Crippen LogP contribution in [0, 0.1) is 0 Å².